The van der Waals surface area contributed by atoms with Crippen LogP contribution in [0, 0.1) is 18.8 Å². The predicted octanol–water partition coefficient (Wildman–Crippen LogP) is 1.07. The number of aryl methyl sites for hydroxylation is 1. The second kappa shape index (κ2) is 6.52. The first-order valence-electron chi connectivity index (χ1n) is 9.44. The molecule has 2 aromatic heterocycles. The lowest BCUT2D eigenvalue weighted by atomic mass is 9.88. The van der Waals surface area contributed by atoms with E-state index in [4.69, 9.17) is 0 Å². The van der Waals surface area contributed by atoms with Crippen LogP contribution in [0.4, 0.5) is 0 Å². The standard InChI is InChI=1S/C19H22N8O/c1-12-5-3-4-6-14(12)16-15-9-26(8-13(15)7-25(16)2)18(28)17-22-19(24-23-17)27-10-20-21-11-27/h3-6,10-11,13,15-16H,7-9H2,1-2H3,(H,22,23,24)/t13-,15+,16-/m0/s1. The summed E-state index contributed by atoms with van der Waals surface area (Å²) < 4.78 is 1.56. The molecular formula is C19H22N8O. The van der Waals surface area contributed by atoms with Gasteiger partial charge in [0.1, 0.15) is 12.7 Å². The molecule has 2 aliphatic heterocycles. The topological polar surface area (TPSA) is 95.8 Å². The molecule has 3 atom stereocenters. The number of aromatic amines is 1. The summed E-state index contributed by atoms with van der Waals surface area (Å²) in [6.07, 6.45) is 3.00. The van der Waals surface area contributed by atoms with Gasteiger partial charge in [-0.2, -0.15) is 4.98 Å². The predicted molar refractivity (Wildman–Crippen MR) is 101 cm³/mol. The minimum Gasteiger partial charge on any atom is -0.335 e. The Bertz CT molecular complexity index is 997. The first-order valence-corrected chi connectivity index (χ1v) is 9.44. The van der Waals surface area contributed by atoms with E-state index in [-0.39, 0.29) is 11.7 Å². The highest BCUT2D eigenvalue weighted by Crippen LogP contribution is 2.44. The van der Waals surface area contributed by atoms with Gasteiger partial charge in [-0.3, -0.25) is 19.4 Å². The quantitative estimate of drug-likeness (QED) is 0.732. The van der Waals surface area contributed by atoms with Gasteiger partial charge in [-0.25, -0.2) is 0 Å². The fourth-order valence-electron chi connectivity index (χ4n) is 4.73. The van der Waals surface area contributed by atoms with E-state index < -0.39 is 0 Å². The molecule has 5 rings (SSSR count). The van der Waals surface area contributed by atoms with Gasteiger partial charge in [0, 0.05) is 31.6 Å². The van der Waals surface area contributed by atoms with Crippen molar-refractivity contribution < 1.29 is 4.79 Å². The molecule has 0 saturated carbocycles. The molecule has 0 radical (unpaired) electrons. The van der Waals surface area contributed by atoms with Crippen molar-refractivity contribution in [1.82, 2.24) is 39.7 Å². The summed E-state index contributed by atoms with van der Waals surface area (Å²) in [5, 5.41) is 14.3. The molecule has 9 heteroatoms. The van der Waals surface area contributed by atoms with Crippen molar-refractivity contribution in [3.05, 3.63) is 53.9 Å². The van der Waals surface area contributed by atoms with Gasteiger partial charge in [-0.15, -0.1) is 15.3 Å². The highest BCUT2D eigenvalue weighted by atomic mass is 16.2. The smallest absolute Gasteiger partial charge is 0.291 e. The highest BCUT2D eigenvalue weighted by molar-refractivity contribution is 5.90. The average Bonchev–Trinajstić information content (AvgIpc) is 3.45. The molecule has 2 fully saturated rings. The van der Waals surface area contributed by atoms with Crippen LogP contribution in [-0.2, 0) is 0 Å². The highest BCUT2D eigenvalue weighted by Gasteiger charge is 2.47. The molecule has 3 aromatic rings. The number of H-pyrrole nitrogens is 1. The SMILES string of the molecule is Cc1ccccc1[C@H]1[C@@H]2CN(C(=O)c3nc(-n4cnnc4)n[nH]3)C[C@@H]2CN1C. The molecule has 2 saturated heterocycles. The van der Waals surface area contributed by atoms with E-state index in [9.17, 15) is 4.79 Å². The summed E-state index contributed by atoms with van der Waals surface area (Å²) in [4.78, 5) is 21.6. The fraction of sp³-hybridized carbons (Fsp3) is 0.421. The van der Waals surface area contributed by atoms with Gasteiger partial charge < -0.3 is 4.90 Å². The van der Waals surface area contributed by atoms with E-state index in [1.807, 2.05) is 4.90 Å². The number of nitrogens with zero attached hydrogens (tertiary/aromatic N) is 7. The van der Waals surface area contributed by atoms with Gasteiger partial charge in [0.25, 0.3) is 11.9 Å². The number of fused-ring (bicyclic) bond motifs is 1. The minimum absolute atomic E-state index is 0.104. The summed E-state index contributed by atoms with van der Waals surface area (Å²) in [6, 6.07) is 8.89. The molecule has 1 amide bonds. The van der Waals surface area contributed by atoms with E-state index in [0.717, 1.165) is 19.6 Å². The second-order valence-corrected chi connectivity index (χ2v) is 7.73. The van der Waals surface area contributed by atoms with Crippen LogP contribution in [0.5, 0.6) is 0 Å². The van der Waals surface area contributed by atoms with Crippen molar-refractivity contribution in [1.29, 1.82) is 0 Å². The van der Waals surface area contributed by atoms with Crippen LogP contribution in [0.15, 0.2) is 36.9 Å². The van der Waals surface area contributed by atoms with Gasteiger partial charge in [0.05, 0.1) is 0 Å². The Kier molecular flexibility index (Phi) is 3.97. The number of amides is 1. The molecule has 0 unspecified atom stereocenters. The molecule has 0 spiro atoms. The third-order valence-electron chi connectivity index (χ3n) is 6.01. The monoisotopic (exact) mass is 378 g/mol. The van der Waals surface area contributed by atoms with Crippen molar-refractivity contribution in [3.63, 3.8) is 0 Å². The van der Waals surface area contributed by atoms with Crippen LogP contribution >= 0.6 is 0 Å². The minimum atomic E-state index is -0.104. The van der Waals surface area contributed by atoms with E-state index in [1.165, 1.54) is 23.8 Å². The van der Waals surface area contributed by atoms with E-state index in [1.54, 1.807) is 4.57 Å². The van der Waals surface area contributed by atoms with Crippen molar-refractivity contribution in [2.75, 3.05) is 26.7 Å². The Balaban J connectivity index is 1.36. The van der Waals surface area contributed by atoms with E-state index in [2.05, 4.69) is 68.5 Å². The first-order chi connectivity index (χ1) is 13.6. The summed E-state index contributed by atoms with van der Waals surface area (Å²) in [5.41, 5.74) is 2.67. The van der Waals surface area contributed by atoms with Crippen LogP contribution in [0.3, 0.4) is 0 Å². The average molecular weight is 378 g/mol. The zero-order valence-electron chi connectivity index (χ0n) is 15.9. The maximum Gasteiger partial charge on any atom is 0.291 e. The molecule has 28 heavy (non-hydrogen) atoms. The van der Waals surface area contributed by atoms with Crippen LogP contribution in [-0.4, -0.2) is 72.3 Å². The van der Waals surface area contributed by atoms with E-state index >= 15 is 0 Å². The molecule has 144 valence electrons. The normalized spacial score (nSPS) is 24.6. The van der Waals surface area contributed by atoms with Gasteiger partial charge in [-0.1, -0.05) is 24.3 Å². The Labute approximate surface area is 162 Å². The Morgan fingerprint density at radius 1 is 1.14 bits per heavy atom. The van der Waals surface area contributed by atoms with Gasteiger partial charge in [-0.05, 0) is 31.0 Å². The lowest BCUT2D eigenvalue weighted by Crippen LogP contribution is -2.34. The largest absolute Gasteiger partial charge is 0.335 e. The molecule has 1 aromatic carbocycles. The molecule has 2 aliphatic rings. The summed E-state index contributed by atoms with van der Waals surface area (Å²) in [6.45, 7) is 4.64. The van der Waals surface area contributed by atoms with Crippen molar-refractivity contribution in [2.24, 2.45) is 11.8 Å². The molecule has 9 nitrogen and oxygen atoms in total. The first kappa shape index (κ1) is 17.1. The summed E-state index contributed by atoms with van der Waals surface area (Å²) in [7, 11) is 2.18. The van der Waals surface area contributed by atoms with Crippen molar-refractivity contribution >= 4 is 5.91 Å². The van der Waals surface area contributed by atoms with Gasteiger partial charge >= 0.3 is 0 Å². The third-order valence-corrected chi connectivity index (χ3v) is 6.01. The molecule has 0 aliphatic carbocycles. The number of aromatic nitrogens is 6. The summed E-state index contributed by atoms with van der Waals surface area (Å²) >= 11 is 0. The number of nitrogens with one attached hydrogen (secondary N) is 1. The zero-order chi connectivity index (χ0) is 19.3. The number of rotatable bonds is 3. The van der Waals surface area contributed by atoms with Crippen LogP contribution in [0.2, 0.25) is 0 Å². The number of hydrogen-bond acceptors (Lipinski definition) is 6. The Morgan fingerprint density at radius 2 is 1.93 bits per heavy atom. The van der Waals surface area contributed by atoms with E-state index in [0.29, 0.717) is 23.8 Å². The van der Waals surface area contributed by atoms with Crippen molar-refractivity contribution in [2.45, 2.75) is 13.0 Å². The van der Waals surface area contributed by atoms with Gasteiger partial charge in [0.2, 0.25) is 5.82 Å². The van der Waals surface area contributed by atoms with Gasteiger partial charge in [0.15, 0.2) is 0 Å². The number of likely N-dealkylation sites (tertiary alicyclic amines) is 2. The lowest BCUT2D eigenvalue weighted by Gasteiger charge is -2.27. The van der Waals surface area contributed by atoms with Crippen LogP contribution < -0.4 is 0 Å². The molecule has 1 N–H and O–H groups in total. The Hall–Kier alpha value is -3.07. The van der Waals surface area contributed by atoms with Crippen molar-refractivity contribution in [3.8, 4) is 5.95 Å². The second-order valence-electron chi connectivity index (χ2n) is 7.73. The van der Waals surface area contributed by atoms with Crippen LogP contribution in [0.25, 0.3) is 5.95 Å². The van der Waals surface area contributed by atoms with Crippen LogP contribution in [0.1, 0.15) is 27.8 Å². The molecular weight excluding hydrogens is 356 g/mol. The zero-order valence-corrected chi connectivity index (χ0v) is 15.9. The number of benzene rings is 1. The number of hydrogen-bond donors (Lipinski definition) is 1. The number of carbonyl (C=O) groups excluding carboxylic acids is 1. The maximum absolute atomic E-state index is 13.0. The Morgan fingerprint density at radius 3 is 2.71 bits per heavy atom. The fourth-order valence-corrected chi connectivity index (χ4v) is 4.73. The molecule has 0 bridgehead atoms. The summed E-state index contributed by atoms with van der Waals surface area (Å²) in [5.74, 6) is 1.41. The maximum atomic E-state index is 13.0. The number of carbonyl (C=O) groups is 1. The molecule has 4 heterocycles. The third kappa shape index (κ3) is 2.70. The lowest BCUT2D eigenvalue weighted by molar-refractivity contribution is 0.0756.